The zero-order chi connectivity index (χ0) is 22.8. The fraction of sp³-hybridized carbons (Fsp3) is 0.346. The highest BCUT2D eigenvalue weighted by Crippen LogP contribution is 2.32. The summed E-state index contributed by atoms with van der Waals surface area (Å²) in [6, 6.07) is 14.7. The van der Waals surface area contributed by atoms with Crippen LogP contribution in [-0.2, 0) is 4.79 Å². The first-order chi connectivity index (χ1) is 16.1. The van der Waals surface area contributed by atoms with E-state index in [4.69, 9.17) is 4.98 Å². The van der Waals surface area contributed by atoms with Crippen molar-refractivity contribution in [1.82, 2.24) is 19.8 Å². The monoisotopic (exact) mass is 442 g/mol. The summed E-state index contributed by atoms with van der Waals surface area (Å²) in [6.45, 7) is 9.35. The number of likely N-dealkylation sites (N-methyl/N-ethyl adjacent to an activating group) is 1. The fourth-order valence-corrected chi connectivity index (χ4v) is 4.76. The highest BCUT2D eigenvalue weighted by Gasteiger charge is 2.27. The molecule has 1 amide bonds. The minimum absolute atomic E-state index is 0.00487. The van der Waals surface area contributed by atoms with Crippen LogP contribution in [-0.4, -0.2) is 72.0 Å². The van der Waals surface area contributed by atoms with Gasteiger partial charge in [-0.25, -0.2) is 9.97 Å². The SMILES string of the molecule is C=CC(=O)N1CCC(c2cccc3cnc(Nc4ccc(N5CCN(C)CC5)cc4)nc23)C1. The van der Waals surface area contributed by atoms with Gasteiger partial charge in [0.1, 0.15) is 0 Å². The van der Waals surface area contributed by atoms with Crippen molar-refractivity contribution < 1.29 is 4.79 Å². The van der Waals surface area contributed by atoms with Gasteiger partial charge in [0, 0.05) is 68.1 Å². The second-order valence-corrected chi connectivity index (χ2v) is 8.91. The molecule has 7 heteroatoms. The van der Waals surface area contributed by atoms with Gasteiger partial charge in [0.25, 0.3) is 0 Å². The topological polar surface area (TPSA) is 64.6 Å². The van der Waals surface area contributed by atoms with Gasteiger partial charge in [-0.2, -0.15) is 0 Å². The van der Waals surface area contributed by atoms with E-state index in [2.05, 4.69) is 64.1 Å². The Hall–Kier alpha value is -3.45. The summed E-state index contributed by atoms with van der Waals surface area (Å²) in [5.74, 6) is 0.845. The first-order valence-electron chi connectivity index (χ1n) is 11.6. The molecule has 3 heterocycles. The number of nitrogens with one attached hydrogen (secondary N) is 1. The van der Waals surface area contributed by atoms with Crippen LogP contribution in [0, 0.1) is 0 Å². The number of piperazine rings is 1. The van der Waals surface area contributed by atoms with Crippen LogP contribution in [0.4, 0.5) is 17.3 Å². The first-order valence-corrected chi connectivity index (χ1v) is 11.6. The summed E-state index contributed by atoms with van der Waals surface area (Å²) < 4.78 is 0. The molecular formula is C26H30N6O. The average Bonchev–Trinajstić information content (AvgIpc) is 3.34. The van der Waals surface area contributed by atoms with Gasteiger partial charge in [0.15, 0.2) is 0 Å². The number of aromatic nitrogens is 2. The van der Waals surface area contributed by atoms with Crippen LogP contribution in [0.25, 0.3) is 10.9 Å². The zero-order valence-electron chi connectivity index (χ0n) is 19.1. The number of amides is 1. The Balaban J connectivity index is 1.34. The summed E-state index contributed by atoms with van der Waals surface area (Å²) in [7, 11) is 2.17. The van der Waals surface area contributed by atoms with E-state index in [1.807, 2.05) is 23.2 Å². The van der Waals surface area contributed by atoms with Gasteiger partial charge in [-0.05, 0) is 49.4 Å². The molecule has 0 radical (unpaired) electrons. The molecule has 0 spiro atoms. The van der Waals surface area contributed by atoms with Gasteiger partial charge in [-0.15, -0.1) is 0 Å². The molecular weight excluding hydrogens is 412 g/mol. The smallest absolute Gasteiger partial charge is 0.245 e. The highest BCUT2D eigenvalue weighted by atomic mass is 16.2. The molecule has 0 saturated carbocycles. The molecule has 0 aliphatic carbocycles. The molecule has 2 aliphatic rings. The second-order valence-electron chi connectivity index (χ2n) is 8.91. The molecule has 0 bridgehead atoms. The van der Waals surface area contributed by atoms with Crippen LogP contribution in [0.3, 0.4) is 0 Å². The molecule has 170 valence electrons. The van der Waals surface area contributed by atoms with Gasteiger partial charge in [0.05, 0.1) is 5.52 Å². The predicted molar refractivity (Wildman–Crippen MR) is 133 cm³/mol. The van der Waals surface area contributed by atoms with E-state index < -0.39 is 0 Å². The molecule has 7 nitrogen and oxygen atoms in total. The normalized spacial score (nSPS) is 19.1. The Morgan fingerprint density at radius 2 is 1.88 bits per heavy atom. The first kappa shape index (κ1) is 21.4. The van der Waals surface area contributed by atoms with E-state index in [1.54, 1.807) is 0 Å². The van der Waals surface area contributed by atoms with E-state index in [9.17, 15) is 4.79 Å². The lowest BCUT2D eigenvalue weighted by Crippen LogP contribution is -2.44. The Labute approximate surface area is 194 Å². The van der Waals surface area contributed by atoms with Crippen molar-refractivity contribution in [2.24, 2.45) is 0 Å². The molecule has 2 fully saturated rings. The molecule has 1 unspecified atom stereocenters. The maximum Gasteiger partial charge on any atom is 0.245 e. The van der Waals surface area contributed by atoms with Crippen molar-refractivity contribution in [1.29, 1.82) is 0 Å². The van der Waals surface area contributed by atoms with Crippen molar-refractivity contribution in [3.05, 3.63) is 66.9 Å². The maximum atomic E-state index is 12.0. The number of para-hydroxylation sites is 1. The Kier molecular flexibility index (Phi) is 5.96. The Bertz CT molecular complexity index is 1150. The summed E-state index contributed by atoms with van der Waals surface area (Å²) in [5.41, 5.74) is 4.33. The van der Waals surface area contributed by atoms with Crippen LogP contribution >= 0.6 is 0 Å². The van der Waals surface area contributed by atoms with Crippen LogP contribution < -0.4 is 10.2 Å². The number of hydrogen-bond donors (Lipinski definition) is 1. The Morgan fingerprint density at radius 3 is 2.64 bits per heavy atom. The summed E-state index contributed by atoms with van der Waals surface area (Å²) in [5, 5.41) is 4.37. The third-order valence-electron chi connectivity index (χ3n) is 6.75. The molecule has 2 aromatic carbocycles. The molecule has 5 rings (SSSR count). The van der Waals surface area contributed by atoms with E-state index in [0.717, 1.165) is 55.7 Å². The van der Waals surface area contributed by atoms with E-state index in [0.29, 0.717) is 12.5 Å². The zero-order valence-corrected chi connectivity index (χ0v) is 19.1. The second kappa shape index (κ2) is 9.19. The van der Waals surface area contributed by atoms with Gasteiger partial charge in [-0.1, -0.05) is 24.8 Å². The maximum absolute atomic E-state index is 12.0. The minimum Gasteiger partial charge on any atom is -0.369 e. The number of fused-ring (bicyclic) bond motifs is 1. The van der Waals surface area contributed by atoms with Crippen LogP contribution in [0.15, 0.2) is 61.3 Å². The number of rotatable bonds is 5. The van der Waals surface area contributed by atoms with Gasteiger partial charge in [0.2, 0.25) is 11.9 Å². The van der Waals surface area contributed by atoms with Crippen molar-refractivity contribution in [2.75, 3.05) is 56.5 Å². The van der Waals surface area contributed by atoms with Crippen molar-refractivity contribution in [3.63, 3.8) is 0 Å². The fourth-order valence-electron chi connectivity index (χ4n) is 4.76. The van der Waals surface area contributed by atoms with Gasteiger partial charge >= 0.3 is 0 Å². The van der Waals surface area contributed by atoms with Crippen LogP contribution in [0.1, 0.15) is 17.9 Å². The molecule has 2 aliphatic heterocycles. The third kappa shape index (κ3) is 4.54. The summed E-state index contributed by atoms with van der Waals surface area (Å²) >= 11 is 0. The van der Waals surface area contributed by atoms with Crippen molar-refractivity contribution in [3.8, 4) is 0 Å². The minimum atomic E-state index is -0.00487. The largest absolute Gasteiger partial charge is 0.369 e. The van der Waals surface area contributed by atoms with Crippen molar-refractivity contribution in [2.45, 2.75) is 12.3 Å². The van der Waals surface area contributed by atoms with E-state index in [1.165, 1.54) is 17.3 Å². The number of carbonyl (C=O) groups is 1. The lowest BCUT2D eigenvalue weighted by Gasteiger charge is -2.34. The molecule has 1 aromatic heterocycles. The van der Waals surface area contributed by atoms with Crippen LogP contribution in [0.2, 0.25) is 0 Å². The standard InChI is InChI=1S/C26H30N6O/c1-3-24(33)32-12-11-20(18-32)23-6-4-5-19-17-27-26(29-25(19)23)28-21-7-9-22(10-8-21)31-15-13-30(2)14-16-31/h3-10,17,20H,1,11-16,18H2,2H3,(H,27,28,29). The lowest BCUT2D eigenvalue weighted by atomic mass is 9.96. The lowest BCUT2D eigenvalue weighted by molar-refractivity contribution is -0.125. The summed E-state index contributed by atoms with van der Waals surface area (Å²) in [4.78, 5) is 28.1. The van der Waals surface area contributed by atoms with Gasteiger partial charge in [-0.3, -0.25) is 4.79 Å². The molecule has 2 saturated heterocycles. The quantitative estimate of drug-likeness (QED) is 0.609. The third-order valence-corrected chi connectivity index (χ3v) is 6.75. The van der Waals surface area contributed by atoms with E-state index >= 15 is 0 Å². The predicted octanol–water partition coefficient (Wildman–Crippen LogP) is 3.63. The number of carbonyl (C=O) groups excluding carboxylic acids is 1. The van der Waals surface area contributed by atoms with Crippen LogP contribution in [0.5, 0.6) is 0 Å². The molecule has 1 atom stereocenters. The van der Waals surface area contributed by atoms with E-state index in [-0.39, 0.29) is 11.8 Å². The number of hydrogen-bond acceptors (Lipinski definition) is 6. The number of nitrogens with zero attached hydrogens (tertiary/aromatic N) is 5. The summed E-state index contributed by atoms with van der Waals surface area (Å²) in [6.07, 6.45) is 4.19. The number of anilines is 3. The Morgan fingerprint density at radius 1 is 1.09 bits per heavy atom. The molecule has 1 N–H and O–H groups in total. The number of likely N-dealkylation sites (tertiary alicyclic amines) is 1. The average molecular weight is 443 g/mol. The van der Waals surface area contributed by atoms with Crippen molar-refractivity contribution >= 4 is 34.1 Å². The molecule has 33 heavy (non-hydrogen) atoms. The number of benzene rings is 2. The molecule has 3 aromatic rings. The van der Waals surface area contributed by atoms with Gasteiger partial charge < -0.3 is 20.0 Å². The highest BCUT2D eigenvalue weighted by molar-refractivity contribution is 5.87.